The molecule has 1 saturated heterocycles. The fourth-order valence-corrected chi connectivity index (χ4v) is 2.78. The van der Waals surface area contributed by atoms with Crippen LogP contribution in [0.4, 0.5) is 10.5 Å². The van der Waals surface area contributed by atoms with Crippen molar-refractivity contribution in [3.8, 4) is 5.75 Å². The maximum Gasteiger partial charge on any atom is 0.311 e. The van der Waals surface area contributed by atoms with Crippen LogP contribution in [0.25, 0.3) is 6.08 Å². The molecule has 1 aliphatic rings. The van der Waals surface area contributed by atoms with Gasteiger partial charge in [0.05, 0.1) is 15.9 Å². The third-order valence-corrected chi connectivity index (χ3v) is 3.95. The third-order valence-electron chi connectivity index (χ3n) is 3.07. The summed E-state index contributed by atoms with van der Waals surface area (Å²) >= 11 is 0.757. The third kappa shape index (κ3) is 2.86. The Kier molecular flexibility index (Phi) is 4.32. The second-order valence-electron chi connectivity index (χ2n) is 4.53. The first-order chi connectivity index (χ1) is 10.3. The summed E-state index contributed by atoms with van der Waals surface area (Å²) in [6, 6.07) is 3.29. The monoisotopic (exact) mass is 320 g/mol. The van der Waals surface area contributed by atoms with Gasteiger partial charge in [-0.2, -0.15) is 0 Å². The predicted molar refractivity (Wildman–Crippen MR) is 82.2 cm³/mol. The molecule has 0 radical (unpaired) electrons. The molecule has 1 heterocycles. The summed E-state index contributed by atoms with van der Waals surface area (Å²) in [5, 5.41) is 19.8. The highest BCUT2D eigenvalue weighted by atomic mass is 32.2. The molecule has 1 aromatic carbocycles. The number of hydrogen-bond donors (Lipinski definition) is 1. The second-order valence-corrected chi connectivity index (χ2v) is 5.53. The first kappa shape index (κ1) is 15.8. The number of imide groups is 1. The standard InChI is InChI=1S/C14H12N2O5S/c1-3-8(2)15-13(18)12(22-14(15)19)7-9-4-5-11(17)10(6-9)16(20)21/h3-8,17H,1H2,2H3/b12-7-/t8-/m0/s1. The van der Waals surface area contributed by atoms with E-state index in [2.05, 4.69) is 6.58 Å². The molecule has 8 heteroatoms. The predicted octanol–water partition coefficient (Wildman–Crippen LogP) is 2.91. The molecule has 1 N–H and O–H groups in total. The molecule has 1 atom stereocenters. The number of phenols is 1. The van der Waals surface area contributed by atoms with Crippen LogP contribution in [0.15, 0.2) is 35.8 Å². The van der Waals surface area contributed by atoms with Crippen LogP contribution < -0.4 is 0 Å². The lowest BCUT2D eigenvalue weighted by Crippen LogP contribution is -2.35. The molecule has 114 valence electrons. The van der Waals surface area contributed by atoms with Crippen LogP contribution in [-0.4, -0.2) is 32.1 Å². The van der Waals surface area contributed by atoms with Gasteiger partial charge in [-0.3, -0.25) is 24.6 Å². The highest BCUT2D eigenvalue weighted by molar-refractivity contribution is 8.18. The van der Waals surface area contributed by atoms with E-state index in [0.29, 0.717) is 5.56 Å². The van der Waals surface area contributed by atoms with E-state index in [9.17, 15) is 24.8 Å². The van der Waals surface area contributed by atoms with E-state index in [-0.39, 0.29) is 4.91 Å². The maximum atomic E-state index is 12.2. The van der Waals surface area contributed by atoms with E-state index in [1.165, 1.54) is 24.3 Å². The van der Waals surface area contributed by atoms with Crippen molar-refractivity contribution >= 4 is 34.7 Å². The van der Waals surface area contributed by atoms with E-state index in [1.807, 2.05) is 0 Å². The van der Waals surface area contributed by atoms with E-state index in [0.717, 1.165) is 22.7 Å². The number of thioether (sulfide) groups is 1. The summed E-state index contributed by atoms with van der Waals surface area (Å²) in [6.45, 7) is 5.21. The van der Waals surface area contributed by atoms with Gasteiger partial charge in [0.2, 0.25) is 0 Å². The van der Waals surface area contributed by atoms with Gasteiger partial charge in [-0.15, -0.1) is 6.58 Å². The molecule has 0 aliphatic carbocycles. The number of nitrogens with zero attached hydrogens (tertiary/aromatic N) is 2. The summed E-state index contributed by atoms with van der Waals surface area (Å²) in [7, 11) is 0. The zero-order valence-electron chi connectivity index (χ0n) is 11.6. The number of rotatable bonds is 4. The van der Waals surface area contributed by atoms with Gasteiger partial charge >= 0.3 is 5.69 Å². The minimum atomic E-state index is -0.724. The van der Waals surface area contributed by atoms with Gasteiger partial charge in [0, 0.05) is 6.07 Å². The number of amides is 2. The Morgan fingerprint density at radius 3 is 2.73 bits per heavy atom. The SMILES string of the molecule is C=C[C@H](C)N1C(=O)S/C(=C\c2ccc(O)c([N+](=O)[O-])c2)C1=O. The molecule has 0 unspecified atom stereocenters. The average molecular weight is 320 g/mol. The number of nitro groups is 1. The van der Waals surface area contributed by atoms with Gasteiger partial charge in [0.25, 0.3) is 11.1 Å². The summed E-state index contributed by atoms with van der Waals surface area (Å²) in [4.78, 5) is 35.3. The van der Waals surface area contributed by atoms with Crippen LogP contribution in [0.5, 0.6) is 5.75 Å². The Morgan fingerprint density at radius 1 is 1.45 bits per heavy atom. The van der Waals surface area contributed by atoms with Crippen molar-refractivity contribution < 1.29 is 19.6 Å². The number of benzene rings is 1. The molecular weight excluding hydrogens is 308 g/mol. The highest BCUT2D eigenvalue weighted by Crippen LogP contribution is 2.35. The molecular formula is C14H12N2O5S. The Bertz CT molecular complexity index is 713. The number of carbonyl (C=O) groups is 2. The minimum absolute atomic E-state index is 0.165. The van der Waals surface area contributed by atoms with Crippen molar-refractivity contribution in [3.05, 3.63) is 51.4 Å². The first-order valence-electron chi connectivity index (χ1n) is 6.22. The number of carbonyl (C=O) groups excluding carboxylic acids is 2. The molecule has 0 bridgehead atoms. The number of phenolic OH excluding ortho intramolecular Hbond substituents is 1. The zero-order valence-corrected chi connectivity index (χ0v) is 12.4. The van der Waals surface area contributed by atoms with Crippen LogP contribution in [0.2, 0.25) is 0 Å². The fourth-order valence-electron chi connectivity index (χ4n) is 1.86. The quantitative estimate of drug-likeness (QED) is 0.396. The van der Waals surface area contributed by atoms with E-state index < -0.39 is 33.5 Å². The van der Waals surface area contributed by atoms with Crippen LogP contribution in [0.1, 0.15) is 12.5 Å². The first-order valence-corrected chi connectivity index (χ1v) is 7.04. The van der Waals surface area contributed by atoms with Gasteiger partial charge in [0.15, 0.2) is 5.75 Å². The van der Waals surface area contributed by atoms with Gasteiger partial charge in [0.1, 0.15) is 0 Å². The molecule has 2 amide bonds. The Balaban J connectivity index is 2.37. The molecule has 22 heavy (non-hydrogen) atoms. The van der Waals surface area contributed by atoms with Crippen molar-refractivity contribution in [2.24, 2.45) is 0 Å². The summed E-state index contributed by atoms with van der Waals surface area (Å²) in [5.74, 6) is -0.936. The molecule has 0 aromatic heterocycles. The Morgan fingerprint density at radius 2 is 2.14 bits per heavy atom. The molecule has 1 fully saturated rings. The van der Waals surface area contributed by atoms with Crippen LogP contribution in [-0.2, 0) is 4.79 Å². The summed E-state index contributed by atoms with van der Waals surface area (Å²) < 4.78 is 0. The van der Waals surface area contributed by atoms with Crippen molar-refractivity contribution in [2.45, 2.75) is 13.0 Å². The summed E-state index contributed by atoms with van der Waals surface area (Å²) in [6.07, 6.45) is 2.86. The van der Waals surface area contributed by atoms with Gasteiger partial charge < -0.3 is 5.11 Å². The van der Waals surface area contributed by atoms with E-state index in [1.54, 1.807) is 6.92 Å². The molecule has 0 saturated carbocycles. The Hall–Kier alpha value is -2.61. The lowest BCUT2D eigenvalue weighted by Gasteiger charge is -2.17. The van der Waals surface area contributed by atoms with Gasteiger partial charge in [-0.05, 0) is 36.4 Å². The van der Waals surface area contributed by atoms with E-state index in [4.69, 9.17) is 0 Å². The molecule has 1 aliphatic heterocycles. The average Bonchev–Trinajstić information content (AvgIpc) is 2.74. The van der Waals surface area contributed by atoms with E-state index >= 15 is 0 Å². The molecule has 1 aromatic rings. The number of aromatic hydroxyl groups is 1. The highest BCUT2D eigenvalue weighted by Gasteiger charge is 2.37. The number of hydrogen-bond acceptors (Lipinski definition) is 6. The molecule has 2 rings (SSSR count). The summed E-state index contributed by atoms with van der Waals surface area (Å²) in [5.41, 5.74) is -0.117. The van der Waals surface area contributed by atoms with Crippen molar-refractivity contribution in [1.82, 2.24) is 4.90 Å². The largest absolute Gasteiger partial charge is 0.502 e. The van der Waals surface area contributed by atoms with Crippen molar-refractivity contribution in [2.75, 3.05) is 0 Å². The molecule has 7 nitrogen and oxygen atoms in total. The van der Waals surface area contributed by atoms with Crippen LogP contribution in [0, 0.1) is 10.1 Å². The normalized spacial score (nSPS) is 17.9. The minimum Gasteiger partial charge on any atom is -0.502 e. The lowest BCUT2D eigenvalue weighted by molar-refractivity contribution is -0.385. The van der Waals surface area contributed by atoms with Gasteiger partial charge in [-0.25, -0.2) is 0 Å². The maximum absolute atomic E-state index is 12.2. The number of nitro benzene ring substituents is 1. The van der Waals surface area contributed by atoms with Gasteiger partial charge in [-0.1, -0.05) is 12.1 Å². The molecule has 0 spiro atoms. The second kappa shape index (κ2) is 6.02. The van der Waals surface area contributed by atoms with Crippen molar-refractivity contribution in [3.63, 3.8) is 0 Å². The zero-order chi connectivity index (χ0) is 16.4. The van der Waals surface area contributed by atoms with Crippen molar-refractivity contribution in [1.29, 1.82) is 0 Å². The van der Waals surface area contributed by atoms with Crippen LogP contribution >= 0.6 is 11.8 Å². The Labute approximate surface area is 130 Å². The van der Waals surface area contributed by atoms with Crippen LogP contribution in [0.3, 0.4) is 0 Å². The lowest BCUT2D eigenvalue weighted by atomic mass is 10.1. The smallest absolute Gasteiger partial charge is 0.311 e. The topological polar surface area (TPSA) is 101 Å². The fraction of sp³-hybridized carbons (Fsp3) is 0.143.